The van der Waals surface area contributed by atoms with Crippen molar-refractivity contribution in [2.75, 3.05) is 20.7 Å². The molecule has 0 amide bonds. The van der Waals surface area contributed by atoms with Gasteiger partial charge in [0.25, 0.3) is 0 Å². The number of hydrogen-bond donors (Lipinski definition) is 1. The highest BCUT2D eigenvalue weighted by molar-refractivity contribution is 7.89. The number of methoxy groups -OCH3 is 1. The van der Waals surface area contributed by atoms with Gasteiger partial charge in [0, 0.05) is 18.2 Å². The zero-order chi connectivity index (χ0) is 21.3. The molecule has 1 saturated heterocycles. The molecule has 1 aliphatic heterocycles. The molecule has 0 unspecified atom stereocenters. The number of nitrogens with one attached hydrogen (secondary N) is 1. The van der Waals surface area contributed by atoms with Gasteiger partial charge in [0.2, 0.25) is 21.7 Å². The summed E-state index contributed by atoms with van der Waals surface area (Å²) in [6.07, 6.45) is 0.473. The minimum atomic E-state index is -3.76. The van der Waals surface area contributed by atoms with Crippen LogP contribution in [0.5, 0.6) is 5.75 Å². The summed E-state index contributed by atoms with van der Waals surface area (Å²) in [5, 5.41) is 4.05. The third-order valence-corrected chi connectivity index (χ3v) is 6.61. The maximum absolute atomic E-state index is 13.1. The van der Waals surface area contributed by atoms with Crippen molar-refractivity contribution in [2.24, 2.45) is 0 Å². The van der Waals surface area contributed by atoms with Crippen molar-refractivity contribution in [3.05, 3.63) is 60.2 Å². The van der Waals surface area contributed by atoms with Crippen molar-refractivity contribution < 1.29 is 22.1 Å². The highest BCUT2D eigenvalue weighted by atomic mass is 32.2. The molecule has 1 aromatic heterocycles. The average Bonchev–Trinajstić information content (AvgIpc) is 3.34. The standard InChI is InChI=1S/C20H21FN4O4S/c1-25-12-15(24-30(26,27)17-9-5-14(21)6-10-17)11-18(25)20-22-19(23-29-20)13-3-7-16(28-2)8-4-13/h3-10,15,18,24H,11-12H2,1-2H3/t15-,18-/m0/s1. The summed E-state index contributed by atoms with van der Waals surface area (Å²) in [5.41, 5.74) is 0.792. The SMILES string of the molecule is COc1ccc(-c2noc([C@@H]3C[C@H](NS(=O)(=O)c4ccc(F)cc4)CN3C)n2)cc1. The third kappa shape index (κ3) is 4.20. The number of likely N-dealkylation sites (tertiary alicyclic amines) is 1. The van der Waals surface area contributed by atoms with Gasteiger partial charge in [-0.05, 0) is 62.0 Å². The Kier molecular flexibility index (Phi) is 5.54. The van der Waals surface area contributed by atoms with Gasteiger partial charge in [0.05, 0.1) is 18.0 Å². The molecule has 0 spiro atoms. The fourth-order valence-corrected chi connectivity index (χ4v) is 4.74. The van der Waals surface area contributed by atoms with Crippen molar-refractivity contribution in [2.45, 2.75) is 23.4 Å². The summed E-state index contributed by atoms with van der Waals surface area (Å²) in [4.78, 5) is 6.47. The summed E-state index contributed by atoms with van der Waals surface area (Å²) in [7, 11) is -0.291. The van der Waals surface area contributed by atoms with Gasteiger partial charge >= 0.3 is 0 Å². The van der Waals surface area contributed by atoms with Gasteiger partial charge in [0.1, 0.15) is 11.6 Å². The molecule has 1 aliphatic rings. The van der Waals surface area contributed by atoms with Gasteiger partial charge in [-0.2, -0.15) is 4.98 Å². The highest BCUT2D eigenvalue weighted by Crippen LogP contribution is 2.31. The lowest BCUT2D eigenvalue weighted by atomic mass is 10.2. The van der Waals surface area contributed by atoms with Gasteiger partial charge < -0.3 is 9.26 Å². The number of rotatable bonds is 6. The molecule has 3 aromatic rings. The molecule has 4 rings (SSSR count). The van der Waals surface area contributed by atoms with Crippen molar-refractivity contribution in [1.82, 2.24) is 19.8 Å². The van der Waals surface area contributed by atoms with Crippen LogP contribution in [0, 0.1) is 5.82 Å². The van der Waals surface area contributed by atoms with E-state index in [1.165, 1.54) is 12.1 Å². The molecule has 0 aliphatic carbocycles. The number of hydrogen-bond acceptors (Lipinski definition) is 7. The van der Waals surface area contributed by atoms with E-state index in [2.05, 4.69) is 14.9 Å². The van der Waals surface area contributed by atoms with Crippen molar-refractivity contribution in [3.63, 3.8) is 0 Å². The molecule has 8 nitrogen and oxygen atoms in total. The van der Waals surface area contributed by atoms with Crippen molar-refractivity contribution >= 4 is 10.0 Å². The Morgan fingerprint density at radius 1 is 1.17 bits per heavy atom. The van der Waals surface area contributed by atoms with Crippen LogP contribution in [0.3, 0.4) is 0 Å². The Hall–Kier alpha value is -2.82. The number of nitrogens with zero attached hydrogens (tertiary/aromatic N) is 3. The topological polar surface area (TPSA) is 97.6 Å². The molecule has 158 valence electrons. The summed E-state index contributed by atoms with van der Waals surface area (Å²) in [6, 6.07) is 11.5. The van der Waals surface area contributed by atoms with E-state index in [0.717, 1.165) is 23.4 Å². The van der Waals surface area contributed by atoms with Gasteiger partial charge in [-0.15, -0.1) is 0 Å². The van der Waals surface area contributed by atoms with Crippen LogP contribution in [0.15, 0.2) is 57.9 Å². The maximum atomic E-state index is 13.1. The minimum Gasteiger partial charge on any atom is -0.497 e. The predicted octanol–water partition coefficient (Wildman–Crippen LogP) is 2.61. The zero-order valence-electron chi connectivity index (χ0n) is 16.4. The fourth-order valence-electron chi connectivity index (χ4n) is 3.50. The molecule has 1 fully saturated rings. The summed E-state index contributed by atoms with van der Waals surface area (Å²) in [6.45, 7) is 0.478. The molecular weight excluding hydrogens is 411 g/mol. The van der Waals surface area contributed by atoms with Crippen LogP contribution in [0.4, 0.5) is 4.39 Å². The first-order valence-corrected chi connectivity index (χ1v) is 10.8. The maximum Gasteiger partial charge on any atom is 0.244 e. The highest BCUT2D eigenvalue weighted by Gasteiger charge is 2.36. The largest absolute Gasteiger partial charge is 0.497 e. The molecule has 0 saturated carbocycles. The molecule has 30 heavy (non-hydrogen) atoms. The second kappa shape index (κ2) is 8.13. The molecule has 0 bridgehead atoms. The Morgan fingerprint density at radius 2 is 1.87 bits per heavy atom. The monoisotopic (exact) mass is 432 g/mol. The molecule has 2 aromatic carbocycles. The van der Waals surface area contributed by atoms with E-state index >= 15 is 0 Å². The summed E-state index contributed by atoms with van der Waals surface area (Å²) < 4.78 is 51.5. The first-order chi connectivity index (χ1) is 14.4. The van der Waals surface area contributed by atoms with E-state index in [0.29, 0.717) is 24.7 Å². The average molecular weight is 432 g/mol. The van der Waals surface area contributed by atoms with Gasteiger partial charge in [0.15, 0.2) is 0 Å². The van der Waals surface area contributed by atoms with Gasteiger partial charge in [-0.3, -0.25) is 4.90 Å². The van der Waals surface area contributed by atoms with Crippen LogP contribution in [0.1, 0.15) is 18.4 Å². The van der Waals surface area contributed by atoms with Gasteiger partial charge in [-0.1, -0.05) is 5.16 Å². The van der Waals surface area contributed by atoms with E-state index in [1.54, 1.807) is 7.11 Å². The number of aromatic nitrogens is 2. The lowest BCUT2D eigenvalue weighted by Crippen LogP contribution is -2.36. The van der Waals surface area contributed by atoms with Crippen molar-refractivity contribution in [1.29, 1.82) is 0 Å². The normalized spacial score (nSPS) is 19.8. The number of sulfonamides is 1. The first-order valence-electron chi connectivity index (χ1n) is 9.32. The molecule has 1 N–H and O–H groups in total. The molecule has 10 heteroatoms. The van der Waals surface area contributed by atoms with Crippen LogP contribution in [0.25, 0.3) is 11.4 Å². The molecule has 2 heterocycles. The predicted molar refractivity (Wildman–Crippen MR) is 107 cm³/mol. The third-order valence-electron chi connectivity index (χ3n) is 5.07. The van der Waals surface area contributed by atoms with E-state index in [4.69, 9.17) is 9.26 Å². The smallest absolute Gasteiger partial charge is 0.244 e. The molecular formula is C20H21FN4O4S. The van der Waals surface area contributed by atoms with E-state index in [1.807, 2.05) is 36.2 Å². The second-order valence-corrected chi connectivity index (χ2v) is 8.86. The van der Waals surface area contributed by atoms with Crippen LogP contribution >= 0.6 is 0 Å². The van der Waals surface area contributed by atoms with Gasteiger partial charge in [-0.25, -0.2) is 17.5 Å². The summed E-state index contributed by atoms with van der Waals surface area (Å²) in [5.74, 6) is 1.12. The fraction of sp³-hybridized carbons (Fsp3) is 0.300. The van der Waals surface area contributed by atoms with Crippen LogP contribution in [-0.4, -0.2) is 50.2 Å². The molecule has 0 radical (unpaired) electrons. The van der Waals surface area contributed by atoms with Crippen LogP contribution in [-0.2, 0) is 10.0 Å². The number of likely N-dealkylation sites (N-methyl/N-ethyl adjacent to an activating group) is 1. The lowest BCUT2D eigenvalue weighted by molar-refractivity contribution is 0.244. The number of halogens is 1. The molecule has 2 atom stereocenters. The minimum absolute atomic E-state index is 0.0228. The Morgan fingerprint density at radius 3 is 2.53 bits per heavy atom. The van der Waals surface area contributed by atoms with E-state index < -0.39 is 15.8 Å². The Labute approximate surface area is 173 Å². The number of benzene rings is 2. The van der Waals surface area contributed by atoms with E-state index in [9.17, 15) is 12.8 Å². The Balaban J connectivity index is 1.46. The van der Waals surface area contributed by atoms with Crippen molar-refractivity contribution in [3.8, 4) is 17.1 Å². The van der Waals surface area contributed by atoms with Crippen LogP contribution in [0.2, 0.25) is 0 Å². The lowest BCUT2D eigenvalue weighted by Gasteiger charge is -2.14. The Bertz CT molecular complexity index is 1120. The summed E-state index contributed by atoms with van der Waals surface area (Å²) >= 11 is 0. The zero-order valence-corrected chi connectivity index (χ0v) is 17.3. The van der Waals surface area contributed by atoms with Crippen LogP contribution < -0.4 is 9.46 Å². The number of ether oxygens (including phenoxy) is 1. The first kappa shape index (κ1) is 20.5. The quantitative estimate of drug-likeness (QED) is 0.639. The van der Waals surface area contributed by atoms with E-state index in [-0.39, 0.29) is 17.0 Å². The second-order valence-electron chi connectivity index (χ2n) is 7.15.